The number of aliphatic hydroxyl groups excluding tert-OH is 1. The molecular formula is C16H24FNO2S. The van der Waals surface area contributed by atoms with Gasteiger partial charge in [-0.15, -0.1) is 11.8 Å². The van der Waals surface area contributed by atoms with Crippen molar-refractivity contribution in [3.05, 3.63) is 30.1 Å². The fourth-order valence-corrected chi connectivity index (χ4v) is 2.72. The number of hydrogen-bond donors (Lipinski definition) is 2. The van der Waals surface area contributed by atoms with Gasteiger partial charge in [0.15, 0.2) is 0 Å². The molecule has 0 saturated heterocycles. The summed E-state index contributed by atoms with van der Waals surface area (Å²) in [6, 6.07) is 6.28. The third-order valence-electron chi connectivity index (χ3n) is 3.19. The Bertz CT molecular complexity index is 434. The van der Waals surface area contributed by atoms with Crippen LogP contribution in [-0.2, 0) is 4.79 Å². The van der Waals surface area contributed by atoms with Crippen molar-refractivity contribution in [3.8, 4) is 0 Å². The van der Waals surface area contributed by atoms with E-state index in [0.29, 0.717) is 18.7 Å². The van der Waals surface area contributed by atoms with E-state index in [4.69, 9.17) is 5.11 Å². The van der Waals surface area contributed by atoms with Gasteiger partial charge in [-0.05, 0) is 42.5 Å². The number of amides is 1. The van der Waals surface area contributed by atoms with E-state index in [1.54, 1.807) is 23.9 Å². The quantitative estimate of drug-likeness (QED) is 0.688. The number of hydrogen-bond acceptors (Lipinski definition) is 3. The fraction of sp³-hybridized carbons (Fsp3) is 0.562. The van der Waals surface area contributed by atoms with Crippen LogP contribution in [0.2, 0.25) is 0 Å². The predicted octanol–water partition coefficient (Wildman–Crippen LogP) is 3.22. The van der Waals surface area contributed by atoms with E-state index in [0.717, 1.165) is 17.7 Å². The monoisotopic (exact) mass is 313 g/mol. The highest BCUT2D eigenvalue weighted by Gasteiger charge is 2.18. The normalized spacial score (nSPS) is 11.4. The van der Waals surface area contributed by atoms with Crippen molar-refractivity contribution in [2.45, 2.75) is 38.0 Å². The highest BCUT2D eigenvalue weighted by molar-refractivity contribution is 7.99. The van der Waals surface area contributed by atoms with Crippen molar-refractivity contribution in [2.75, 3.05) is 18.9 Å². The summed E-state index contributed by atoms with van der Waals surface area (Å²) in [4.78, 5) is 12.7. The zero-order valence-electron chi connectivity index (χ0n) is 12.7. The Balaban J connectivity index is 2.20. The summed E-state index contributed by atoms with van der Waals surface area (Å²) in [5.74, 6) is 0.457. The molecule has 1 amide bonds. The lowest BCUT2D eigenvalue weighted by atomic mass is 9.88. The molecule has 1 aromatic rings. The first-order chi connectivity index (χ1) is 9.93. The van der Waals surface area contributed by atoms with Crippen molar-refractivity contribution in [3.63, 3.8) is 0 Å². The maximum absolute atomic E-state index is 12.7. The van der Waals surface area contributed by atoms with Crippen LogP contribution in [0.3, 0.4) is 0 Å². The first-order valence-electron chi connectivity index (χ1n) is 7.19. The molecule has 0 saturated carbocycles. The molecule has 0 heterocycles. The molecule has 0 aromatic heterocycles. The van der Waals surface area contributed by atoms with Crippen LogP contribution in [0.1, 0.15) is 33.1 Å². The van der Waals surface area contributed by atoms with Gasteiger partial charge in [0.2, 0.25) is 5.91 Å². The first kappa shape index (κ1) is 18.0. The lowest BCUT2D eigenvalue weighted by molar-refractivity contribution is -0.121. The Morgan fingerprint density at radius 1 is 1.33 bits per heavy atom. The Kier molecular flexibility index (Phi) is 7.75. The third-order valence-corrected chi connectivity index (χ3v) is 4.20. The van der Waals surface area contributed by atoms with Gasteiger partial charge in [0.25, 0.3) is 0 Å². The van der Waals surface area contributed by atoms with Crippen LogP contribution in [0.4, 0.5) is 4.39 Å². The van der Waals surface area contributed by atoms with E-state index >= 15 is 0 Å². The van der Waals surface area contributed by atoms with Crippen LogP contribution in [0.5, 0.6) is 0 Å². The summed E-state index contributed by atoms with van der Waals surface area (Å²) in [5.41, 5.74) is 0.00247. The average Bonchev–Trinajstić information content (AvgIpc) is 2.45. The van der Waals surface area contributed by atoms with Gasteiger partial charge >= 0.3 is 0 Å². The molecule has 0 radical (unpaired) electrons. The standard InChI is InChI=1S/C16H24FNO2S/c1-16(2,9-3-10-19)12-18-15(20)8-11-21-14-6-4-13(17)5-7-14/h4-7,19H,3,8-12H2,1-2H3,(H,18,20). The van der Waals surface area contributed by atoms with Crippen LogP contribution in [0.15, 0.2) is 29.2 Å². The molecule has 0 bridgehead atoms. The van der Waals surface area contributed by atoms with Gasteiger partial charge in [0.05, 0.1) is 0 Å². The highest BCUT2D eigenvalue weighted by atomic mass is 32.2. The summed E-state index contributed by atoms with van der Waals surface area (Å²) < 4.78 is 12.7. The van der Waals surface area contributed by atoms with Gasteiger partial charge in [-0.1, -0.05) is 13.8 Å². The Morgan fingerprint density at radius 3 is 2.62 bits per heavy atom. The predicted molar refractivity (Wildman–Crippen MR) is 84.9 cm³/mol. The second-order valence-corrected chi connectivity index (χ2v) is 6.99. The van der Waals surface area contributed by atoms with Crippen molar-refractivity contribution < 1.29 is 14.3 Å². The van der Waals surface area contributed by atoms with E-state index in [9.17, 15) is 9.18 Å². The van der Waals surface area contributed by atoms with E-state index in [2.05, 4.69) is 19.2 Å². The van der Waals surface area contributed by atoms with Crippen LogP contribution < -0.4 is 5.32 Å². The molecular weight excluding hydrogens is 289 g/mol. The molecule has 0 unspecified atom stereocenters. The summed E-state index contributed by atoms with van der Waals surface area (Å²) >= 11 is 1.54. The highest BCUT2D eigenvalue weighted by Crippen LogP contribution is 2.21. The number of thioether (sulfide) groups is 1. The van der Waals surface area contributed by atoms with E-state index in [-0.39, 0.29) is 23.7 Å². The molecule has 0 spiro atoms. The second-order valence-electron chi connectivity index (χ2n) is 5.82. The number of nitrogens with one attached hydrogen (secondary N) is 1. The minimum Gasteiger partial charge on any atom is -0.396 e. The van der Waals surface area contributed by atoms with Crippen LogP contribution in [0.25, 0.3) is 0 Å². The Hall–Kier alpha value is -1.07. The van der Waals surface area contributed by atoms with Crippen molar-refractivity contribution >= 4 is 17.7 Å². The number of benzene rings is 1. The zero-order valence-corrected chi connectivity index (χ0v) is 13.5. The maximum atomic E-state index is 12.7. The van der Waals surface area contributed by atoms with Crippen molar-refractivity contribution in [1.29, 1.82) is 0 Å². The molecule has 0 atom stereocenters. The van der Waals surface area contributed by atoms with Crippen LogP contribution in [0, 0.1) is 11.2 Å². The fourth-order valence-electron chi connectivity index (χ4n) is 1.86. The largest absolute Gasteiger partial charge is 0.396 e. The minimum atomic E-state index is -0.248. The van der Waals surface area contributed by atoms with Crippen molar-refractivity contribution in [1.82, 2.24) is 5.32 Å². The average molecular weight is 313 g/mol. The lowest BCUT2D eigenvalue weighted by Crippen LogP contribution is -2.34. The van der Waals surface area contributed by atoms with Crippen molar-refractivity contribution in [2.24, 2.45) is 5.41 Å². The molecule has 0 fully saturated rings. The molecule has 21 heavy (non-hydrogen) atoms. The number of halogens is 1. The number of carbonyl (C=O) groups is 1. The second kappa shape index (κ2) is 9.05. The summed E-state index contributed by atoms with van der Waals surface area (Å²) in [6.07, 6.45) is 2.08. The SMILES string of the molecule is CC(C)(CCCO)CNC(=O)CCSc1ccc(F)cc1. The topological polar surface area (TPSA) is 49.3 Å². The molecule has 0 aliphatic rings. The molecule has 118 valence electrons. The number of aliphatic hydroxyl groups is 1. The maximum Gasteiger partial charge on any atom is 0.220 e. The first-order valence-corrected chi connectivity index (χ1v) is 8.17. The lowest BCUT2D eigenvalue weighted by Gasteiger charge is -2.24. The van der Waals surface area contributed by atoms with E-state index in [1.807, 2.05) is 0 Å². The van der Waals surface area contributed by atoms with Gasteiger partial charge in [-0.2, -0.15) is 0 Å². The zero-order chi connectivity index (χ0) is 15.7. The smallest absolute Gasteiger partial charge is 0.220 e. The molecule has 0 aliphatic heterocycles. The van der Waals surface area contributed by atoms with Gasteiger partial charge in [-0.25, -0.2) is 4.39 Å². The molecule has 3 nitrogen and oxygen atoms in total. The molecule has 1 rings (SSSR count). The number of rotatable bonds is 9. The summed E-state index contributed by atoms with van der Waals surface area (Å²) in [7, 11) is 0. The van der Waals surface area contributed by atoms with Gasteiger partial charge in [-0.3, -0.25) is 4.79 Å². The molecule has 1 aromatic carbocycles. The molecule has 2 N–H and O–H groups in total. The molecule has 0 aliphatic carbocycles. The van der Waals surface area contributed by atoms with Gasteiger partial charge in [0.1, 0.15) is 5.82 Å². The van der Waals surface area contributed by atoms with Crippen LogP contribution >= 0.6 is 11.8 Å². The Labute approximate surface area is 130 Å². The van der Waals surface area contributed by atoms with Gasteiger partial charge in [0, 0.05) is 30.2 Å². The number of carbonyl (C=O) groups excluding carboxylic acids is 1. The van der Waals surface area contributed by atoms with Gasteiger partial charge < -0.3 is 10.4 Å². The minimum absolute atomic E-state index is 0.00247. The molecule has 5 heteroatoms. The Morgan fingerprint density at radius 2 is 2.00 bits per heavy atom. The third kappa shape index (κ3) is 8.07. The van der Waals surface area contributed by atoms with E-state index < -0.39 is 0 Å². The van der Waals surface area contributed by atoms with E-state index in [1.165, 1.54) is 12.1 Å². The summed E-state index contributed by atoms with van der Waals surface area (Å²) in [5, 5.41) is 11.8. The van der Waals surface area contributed by atoms with Crippen LogP contribution in [-0.4, -0.2) is 29.9 Å². The summed E-state index contributed by atoms with van der Waals surface area (Å²) in [6.45, 7) is 4.96.